The van der Waals surface area contributed by atoms with Gasteiger partial charge in [-0.25, -0.2) is 0 Å². The Kier molecular flexibility index (Phi) is 2.51. The molecule has 0 bridgehead atoms. The molecule has 3 N–H and O–H groups in total. The van der Waals surface area contributed by atoms with Gasteiger partial charge in [0.2, 0.25) is 0 Å². The molecular formula is C11H11NO5. The number of hydrogen-bond donors (Lipinski definition) is 3. The Labute approximate surface area is 96.8 Å². The van der Waals surface area contributed by atoms with Gasteiger partial charge in [-0.05, 0) is 12.1 Å². The number of nitrogens with one attached hydrogen (secondary N) is 1. The largest absolute Gasteiger partial charge is 0.507 e. The van der Waals surface area contributed by atoms with E-state index in [0.717, 1.165) is 7.11 Å². The molecule has 0 aromatic heterocycles. The lowest BCUT2D eigenvalue weighted by Gasteiger charge is -2.19. The van der Waals surface area contributed by atoms with Crippen LogP contribution in [0.1, 0.15) is 12.0 Å². The number of methoxy groups -OCH3 is 1. The van der Waals surface area contributed by atoms with Crippen LogP contribution in [0.3, 0.4) is 0 Å². The number of rotatable bonds is 2. The second-order valence-corrected chi connectivity index (χ2v) is 3.77. The van der Waals surface area contributed by atoms with Crippen molar-refractivity contribution in [3.8, 4) is 5.75 Å². The third kappa shape index (κ3) is 1.62. The molecule has 17 heavy (non-hydrogen) atoms. The zero-order valence-corrected chi connectivity index (χ0v) is 9.06. The van der Waals surface area contributed by atoms with Crippen LogP contribution in [0.2, 0.25) is 0 Å². The van der Waals surface area contributed by atoms with Gasteiger partial charge in [0.15, 0.2) is 5.60 Å². The van der Waals surface area contributed by atoms with E-state index in [1.807, 2.05) is 0 Å². The maximum absolute atomic E-state index is 11.7. The number of aliphatic hydroxyl groups is 1. The van der Waals surface area contributed by atoms with Gasteiger partial charge in [-0.2, -0.15) is 0 Å². The quantitative estimate of drug-likeness (QED) is 0.634. The Morgan fingerprint density at radius 3 is 2.88 bits per heavy atom. The number of esters is 1. The molecule has 1 atom stereocenters. The van der Waals surface area contributed by atoms with E-state index < -0.39 is 23.9 Å². The molecule has 6 nitrogen and oxygen atoms in total. The summed E-state index contributed by atoms with van der Waals surface area (Å²) in [5.41, 5.74) is -1.77. The molecule has 1 aromatic carbocycles. The van der Waals surface area contributed by atoms with Gasteiger partial charge < -0.3 is 20.3 Å². The van der Waals surface area contributed by atoms with Crippen molar-refractivity contribution in [3.63, 3.8) is 0 Å². The van der Waals surface area contributed by atoms with Gasteiger partial charge in [-0.3, -0.25) is 9.59 Å². The Bertz CT molecular complexity index is 499. The zero-order chi connectivity index (χ0) is 12.6. The molecule has 0 fully saturated rings. The molecule has 1 aliphatic heterocycles. The minimum atomic E-state index is -2.08. The van der Waals surface area contributed by atoms with Crippen molar-refractivity contribution in [2.45, 2.75) is 12.0 Å². The van der Waals surface area contributed by atoms with Crippen molar-refractivity contribution in [1.29, 1.82) is 0 Å². The molecule has 1 aromatic rings. The van der Waals surface area contributed by atoms with Crippen LogP contribution in [-0.4, -0.2) is 29.2 Å². The molecular weight excluding hydrogens is 226 g/mol. The normalized spacial score (nSPS) is 21.9. The molecule has 0 unspecified atom stereocenters. The average molecular weight is 237 g/mol. The fraction of sp³-hybridized carbons (Fsp3) is 0.273. The van der Waals surface area contributed by atoms with Crippen LogP contribution in [-0.2, 0) is 19.9 Å². The predicted octanol–water partition coefficient (Wildman–Crippen LogP) is 0.0950. The molecule has 0 saturated heterocycles. The number of fused-ring (bicyclic) bond motifs is 1. The third-order valence-corrected chi connectivity index (χ3v) is 2.71. The molecule has 0 radical (unpaired) electrons. The first-order valence-electron chi connectivity index (χ1n) is 4.92. The molecule has 6 heteroatoms. The Balaban J connectivity index is 2.49. The number of phenolic OH excluding ortho intramolecular Hbond substituents is 1. The topological polar surface area (TPSA) is 95.9 Å². The van der Waals surface area contributed by atoms with Gasteiger partial charge in [0.05, 0.1) is 24.8 Å². The number of benzene rings is 1. The second-order valence-electron chi connectivity index (χ2n) is 3.77. The third-order valence-electron chi connectivity index (χ3n) is 2.71. The predicted molar refractivity (Wildman–Crippen MR) is 57.3 cm³/mol. The van der Waals surface area contributed by atoms with E-state index in [4.69, 9.17) is 0 Å². The van der Waals surface area contributed by atoms with Crippen molar-refractivity contribution in [2.24, 2.45) is 0 Å². The summed E-state index contributed by atoms with van der Waals surface area (Å²) in [6, 6.07) is 4.39. The van der Waals surface area contributed by atoms with E-state index in [0.29, 0.717) is 5.69 Å². The summed E-state index contributed by atoms with van der Waals surface area (Å²) in [5, 5.41) is 22.3. The van der Waals surface area contributed by atoms with Crippen molar-refractivity contribution in [1.82, 2.24) is 0 Å². The number of aromatic hydroxyl groups is 1. The Morgan fingerprint density at radius 1 is 1.53 bits per heavy atom. The van der Waals surface area contributed by atoms with E-state index in [2.05, 4.69) is 10.1 Å². The number of amides is 1. The van der Waals surface area contributed by atoms with Crippen LogP contribution in [0.4, 0.5) is 5.69 Å². The highest BCUT2D eigenvalue weighted by molar-refractivity contribution is 6.07. The molecule has 1 aliphatic rings. The van der Waals surface area contributed by atoms with Gasteiger partial charge in [0.1, 0.15) is 5.75 Å². The zero-order valence-electron chi connectivity index (χ0n) is 9.06. The molecule has 1 heterocycles. The highest BCUT2D eigenvalue weighted by Crippen LogP contribution is 2.43. The van der Waals surface area contributed by atoms with Crippen LogP contribution in [0.5, 0.6) is 5.75 Å². The van der Waals surface area contributed by atoms with Crippen molar-refractivity contribution in [2.75, 3.05) is 12.4 Å². The average Bonchev–Trinajstić information content (AvgIpc) is 2.52. The lowest BCUT2D eigenvalue weighted by Crippen LogP contribution is -2.36. The summed E-state index contributed by atoms with van der Waals surface area (Å²) in [5.74, 6) is -1.73. The highest BCUT2D eigenvalue weighted by Gasteiger charge is 2.49. The molecule has 0 spiro atoms. The maximum atomic E-state index is 11.7. The fourth-order valence-corrected chi connectivity index (χ4v) is 1.87. The first-order valence-corrected chi connectivity index (χ1v) is 4.92. The number of anilines is 1. The summed E-state index contributed by atoms with van der Waals surface area (Å²) in [6.07, 6.45) is -0.542. The second kappa shape index (κ2) is 3.74. The van der Waals surface area contributed by atoms with Crippen molar-refractivity contribution < 1.29 is 24.5 Å². The van der Waals surface area contributed by atoms with E-state index >= 15 is 0 Å². The van der Waals surface area contributed by atoms with Crippen molar-refractivity contribution in [3.05, 3.63) is 23.8 Å². The van der Waals surface area contributed by atoms with E-state index in [-0.39, 0.29) is 11.3 Å². The summed E-state index contributed by atoms with van der Waals surface area (Å²) in [6.45, 7) is 0. The number of hydrogen-bond acceptors (Lipinski definition) is 5. The minimum absolute atomic E-state index is 0.00963. The molecule has 1 amide bonds. The first-order chi connectivity index (χ1) is 7.99. The minimum Gasteiger partial charge on any atom is -0.507 e. The molecule has 0 aliphatic carbocycles. The number of ether oxygens (including phenoxy) is 1. The smallest absolute Gasteiger partial charge is 0.309 e. The summed E-state index contributed by atoms with van der Waals surface area (Å²) in [7, 11) is 1.16. The molecule has 2 rings (SSSR count). The lowest BCUT2D eigenvalue weighted by atomic mass is 9.91. The summed E-state index contributed by atoms with van der Waals surface area (Å²) >= 11 is 0. The summed E-state index contributed by atoms with van der Waals surface area (Å²) < 4.78 is 4.42. The van der Waals surface area contributed by atoms with Crippen LogP contribution in [0.25, 0.3) is 0 Å². The fourth-order valence-electron chi connectivity index (χ4n) is 1.87. The van der Waals surface area contributed by atoms with Crippen molar-refractivity contribution >= 4 is 17.6 Å². The molecule has 90 valence electrons. The maximum Gasteiger partial charge on any atom is 0.309 e. The van der Waals surface area contributed by atoms with E-state index in [9.17, 15) is 19.8 Å². The highest BCUT2D eigenvalue weighted by atomic mass is 16.5. The first kappa shape index (κ1) is 11.4. The van der Waals surface area contributed by atoms with Gasteiger partial charge >= 0.3 is 5.97 Å². The van der Waals surface area contributed by atoms with Gasteiger partial charge in [-0.1, -0.05) is 6.07 Å². The molecule has 0 saturated carbocycles. The number of carbonyl (C=O) groups excluding carboxylic acids is 2. The standard InChI is InChI=1S/C11H11NO5/c1-17-8(14)5-11(16)9-6(12-10(11)15)3-2-4-7(9)13/h2-4,13,16H,5H2,1H3,(H,12,15)/t11-/m1/s1. The monoisotopic (exact) mass is 237 g/mol. The van der Waals surface area contributed by atoms with E-state index in [1.54, 1.807) is 0 Å². The number of carbonyl (C=O) groups is 2. The van der Waals surface area contributed by atoms with Crippen LogP contribution in [0, 0.1) is 0 Å². The van der Waals surface area contributed by atoms with E-state index in [1.165, 1.54) is 18.2 Å². The summed E-state index contributed by atoms with van der Waals surface area (Å²) in [4.78, 5) is 22.9. The lowest BCUT2D eigenvalue weighted by molar-refractivity contribution is -0.152. The van der Waals surface area contributed by atoms with Crippen LogP contribution >= 0.6 is 0 Å². The van der Waals surface area contributed by atoms with Crippen LogP contribution in [0.15, 0.2) is 18.2 Å². The Hall–Kier alpha value is -2.08. The van der Waals surface area contributed by atoms with Gasteiger partial charge in [-0.15, -0.1) is 0 Å². The number of phenols is 1. The van der Waals surface area contributed by atoms with Gasteiger partial charge in [0.25, 0.3) is 5.91 Å². The van der Waals surface area contributed by atoms with Gasteiger partial charge in [0, 0.05) is 0 Å². The SMILES string of the molecule is COC(=O)C[C@]1(O)C(=O)Nc2cccc(O)c21. The Morgan fingerprint density at radius 2 is 2.24 bits per heavy atom. The van der Waals surface area contributed by atoms with Crippen LogP contribution < -0.4 is 5.32 Å².